The maximum Gasteiger partial charge on any atom is 0.340 e. The fourth-order valence-corrected chi connectivity index (χ4v) is 3.38. The van der Waals surface area contributed by atoms with Gasteiger partial charge in [0.25, 0.3) is 0 Å². The molecule has 0 bridgehead atoms. The topological polar surface area (TPSA) is 90.3 Å². The number of nitrogens with zero attached hydrogens (tertiary/aromatic N) is 2. The minimum atomic E-state index is -4.06. The molecule has 1 heterocycles. The van der Waals surface area contributed by atoms with Crippen LogP contribution >= 0.6 is 0 Å². The second-order valence-corrected chi connectivity index (χ2v) is 7.66. The second kappa shape index (κ2) is 7.24. The smallest absolute Gasteiger partial charge is 0.340 e. The summed E-state index contributed by atoms with van der Waals surface area (Å²) in [5.74, 6) is -0.137. The number of hydrogen-bond acceptors (Lipinski definition) is 5. The van der Waals surface area contributed by atoms with Gasteiger partial charge in [-0.25, -0.2) is 0 Å². The summed E-state index contributed by atoms with van der Waals surface area (Å²) in [4.78, 5) is 11.0. The van der Waals surface area contributed by atoms with Gasteiger partial charge in [0.05, 0.1) is 11.4 Å². The molecule has 140 valence electrons. The highest BCUT2D eigenvalue weighted by atomic mass is 32.2. The minimum Gasteiger partial charge on any atom is -0.358 e. The Kier molecular flexibility index (Phi) is 5.00. The zero-order valence-electron chi connectivity index (χ0n) is 15.1. The number of amides is 1. The molecule has 0 aliphatic heterocycles. The van der Waals surface area contributed by atoms with Crippen LogP contribution in [0.25, 0.3) is 5.69 Å². The fraction of sp³-hybridized carbons (Fsp3) is 0.158. The van der Waals surface area contributed by atoms with Gasteiger partial charge in [-0.2, -0.15) is 18.2 Å². The van der Waals surface area contributed by atoms with E-state index >= 15 is 0 Å². The molecule has 0 radical (unpaired) electrons. The van der Waals surface area contributed by atoms with Crippen LogP contribution < -0.4 is 9.50 Å². The summed E-state index contributed by atoms with van der Waals surface area (Å²) in [7, 11) is -4.06. The zero-order chi connectivity index (χ0) is 19.6. The number of aromatic nitrogens is 2. The van der Waals surface area contributed by atoms with Crippen molar-refractivity contribution in [2.75, 3.05) is 5.32 Å². The van der Waals surface area contributed by atoms with Crippen LogP contribution in [0.4, 0.5) is 5.69 Å². The van der Waals surface area contributed by atoms with Crippen LogP contribution in [0.3, 0.4) is 0 Å². The van der Waals surface area contributed by atoms with E-state index in [0.717, 1.165) is 5.56 Å². The Hall–Kier alpha value is -3.13. The molecule has 3 aromatic rings. The summed E-state index contributed by atoms with van der Waals surface area (Å²) in [5.41, 5.74) is 2.90. The molecule has 0 unspecified atom stereocenters. The third-order valence-corrected chi connectivity index (χ3v) is 4.98. The number of anilines is 1. The van der Waals surface area contributed by atoms with Crippen LogP contribution in [0.5, 0.6) is 5.88 Å². The van der Waals surface area contributed by atoms with Crippen molar-refractivity contribution >= 4 is 21.7 Å². The summed E-state index contributed by atoms with van der Waals surface area (Å²) >= 11 is 0. The molecule has 0 atom stereocenters. The van der Waals surface area contributed by atoms with E-state index < -0.39 is 10.1 Å². The SMILES string of the molecule is CC(=O)Nc1ccc(S(=O)(=O)Oc2cc(C)nn2-c2ccc(C)cc2)cc1. The first-order valence-electron chi connectivity index (χ1n) is 8.20. The number of hydrogen-bond donors (Lipinski definition) is 1. The van der Waals surface area contributed by atoms with Gasteiger partial charge in [-0.3, -0.25) is 4.79 Å². The lowest BCUT2D eigenvalue weighted by Crippen LogP contribution is -2.13. The van der Waals surface area contributed by atoms with Crippen LogP contribution in [0.2, 0.25) is 0 Å². The molecule has 0 saturated heterocycles. The van der Waals surface area contributed by atoms with Crippen molar-refractivity contribution in [3.05, 3.63) is 65.9 Å². The lowest BCUT2D eigenvalue weighted by atomic mass is 10.2. The highest BCUT2D eigenvalue weighted by Gasteiger charge is 2.20. The van der Waals surface area contributed by atoms with E-state index in [4.69, 9.17) is 4.18 Å². The lowest BCUT2D eigenvalue weighted by Gasteiger charge is -2.10. The molecule has 1 amide bonds. The summed E-state index contributed by atoms with van der Waals surface area (Å²) in [6.45, 7) is 5.10. The molecule has 8 heteroatoms. The molecule has 0 spiro atoms. The molecule has 7 nitrogen and oxygen atoms in total. The Labute approximate surface area is 157 Å². The Balaban J connectivity index is 1.90. The van der Waals surface area contributed by atoms with E-state index in [0.29, 0.717) is 17.1 Å². The van der Waals surface area contributed by atoms with Crippen LogP contribution in [0.1, 0.15) is 18.2 Å². The summed E-state index contributed by atoms with van der Waals surface area (Å²) in [6.07, 6.45) is 0. The summed E-state index contributed by atoms with van der Waals surface area (Å²) in [5, 5.41) is 6.90. The lowest BCUT2D eigenvalue weighted by molar-refractivity contribution is -0.114. The average Bonchev–Trinajstić information content (AvgIpc) is 2.95. The maximum atomic E-state index is 12.6. The number of carbonyl (C=O) groups excluding carboxylic acids is 1. The Morgan fingerprint density at radius 2 is 1.67 bits per heavy atom. The molecular weight excluding hydrogens is 366 g/mol. The van der Waals surface area contributed by atoms with E-state index in [1.807, 2.05) is 31.2 Å². The summed E-state index contributed by atoms with van der Waals surface area (Å²) in [6, 6.07) is 14.8. The number of nitrogens with one attached hydrogen (secondary N) is 1. The largest absolute Gasteiger partial charge is 0.358 e. The molecule has 0 aliphatic rings. The first-order chi connectivity index (χ1) is 12.7. The van der Waals surface area contributed by atoms with Crippen molar-refractivity contribution in [2.24, 2.45) is 0 Å². The number of benzene rings is 2. The van der Waals surface area contributed by atoms with Gasteiger partial charge in [0, 0.05) is 18.7 Å². The third-order valence-electron chi connectivity index (χ3n) is 3.74. The van der Waals surface area contributed by atoms with Crippen LogP contribution in [0, 0.1) is 13.8 Å². The van der Waals surface area contributed by atoms with E-state index in [1.165, 1.54) is 35.9 Å². The van der Waals surface area contributed by atoms with Gasteiger partial charge in [0.1, 0.15) is 4.90 Å². The van der Waals surface area contributed by atoms with Crippen molar-refractivity contribution < 1.29 is 17.4 Å². The Bertz CT molecular complexity index is 1070. The maximum absolute atomic E-state index is 12.6. The average molecular weight is 385 g/mol. The van der Waals surface area contributed by atoms with E-state index in [1.54, 1.807) is 13.0 Å². The van der Waals surface area contributed by atoms with Crippen molar-refractivity contribution in [1.82, 2.24) is 9.78 Å². The van der Waals surface area contributed by atoms with Crippen LogP contribution in [0.15, 0.2) is 59.5 Å². The van der Waals surface area contributed by atoms with Gasteiger partial charge in [-0.05, 0) is 50.2 Å². The first-order valence-corrected chi connectivity index (χ1v) is 9.61. The number of rotatable bonds is 5. The third kappa shape index (κ3) is 4.35. The number of aryl methyl sites for hydroxylation is 2. The van der Waals surface area contributed by atoms with Crippen LogP contribution in [-0.4, -0.2) is 24.1 Å². The summed E-state index contributed by atoms with van der Waals surface area (Å²) < 4.78 is 32.0. The van der Waals surface area contributed by atoms with E-state index in [-0.39, 0.29) is 16.7 Å². The standard InChI is InChI=1S/C19H19N3O4S/c1-13-4-8-17(9-5-13)22-19(12-14(2)21-22)26-27(24,25)18-10-6-16(7-11-18)20-15(3)23/h4-12H,1-3H3,(H,20,23). The fourth-order valence-electron chi connectivity index (χ4n) is 2.47. The first kappa shape index (κ1) is 18.7. The van der Waals surface area contributed by atoms with Crippen LogP contribution in [-0.2, 0) is 14.9 Å². The van der Waals surface area contributed by atoms with Crippen molar-refractivity contribution in [1.29, 1.82) is 0 Å². The predicted octanol–water partition coefficient (Wildman–Crippen LogP) is 3.22. The predicted molar refractivity (Wildman–Crippen MR) is 102 cm³/mol. The van der Waals surface area contributed by atoms with Gasteiger partial charge in [-0.15, -0.1) is 0 Å². The van der Waals surface area contributed by atoms with Crippen molar-refractivity contribution in [3.8, 4) is 11.6 Å². The van der Waals surface area contributed by atoms with Gasteiger partial charge in [0.15, 0.2) is 0 Å². The highest BCUT2D eigenvalue weighted by molar-refractivity contribution is 7.87. The Morgan fingerprint density at radius 1 is 1.04 bits per heavy atom. The van der Waals surface area contributed by atoms with Gasteiger partial charge in [-0.1, -0.05) is 17.7 Å². The molecule has 27 heavy (non-hydrogen) atoms. The van der Waals surface area contributed by atoms with E-state index in [2.05, 4.69) is 10.4 Å². The molecule has 0 aliphatic carbocycles. The van der Waals surface area contributed by atoms with E-state index in [9.17, 15) is 13.2 Å². The molecular formula is C19H19N3O4S. The Morgan fingerprint density at radius 3 is 2.26 bits per heavy atom. The normalized spacial score (nSPS) is 11.2. The van der Waals surface area contributed by atoms with Gasteiger partial charge < -0.3 is 9.50 Å². The van der Waals surface area contributed by atoms with Gasteiger partial charge in [0.2, 0.25) is 11.8 Å². The highest BCUT2D eigenvalue weighted by Crippen LogP contribution is 2.24. The molecule has 3 rings (SSSR count). The molecule has 2 aromatic carbocycles. The molecule has 0 saturated carbocycles. The quantitative estimate of drug-likeness (QED) is 0.681. The molecule has 1 aromatic heterocycles. The molecule has 0 fully saturated rings. The monoisotopic (exact) mass is 385 g/mol. The van der Waals surface area contributed by atoms with Gasteiger partial charge >= 0.3 is 10.1 Å². The minimum absolute atomic E-state index is 0.0223. The van der Waals surface area contributed by atoms with Crippen molar-refractivity contribution in [3.63, 3.8) is 0 Å². The molecule has 1 N–H and O–H groups in total. The van der Waals surface area contributed by atoms with Crippen molar-refractivity contribution in [2.45, 2.75) is 25.7 Å². The second-order valence-electron chi connectivity index (χ2n) is 6.11. The number of carbonyl (C=O) groups is 1. The zero-order valence-corrected chi connectivity index (χ0v) is 15.9.